The molecule has 3 aromatic rings. The van der Waals surface area contributed by atoms with Crippen molar-refractivity contribution in [1.29, 1.82) is 0 Å². The largest absolute Gasteiger partial charge is 0.479 e. The predicted molar refractivity (Wildman–Crippen MR) is 72.6 cm³/mol. The van der Waals surface area contributed by atoms with Gasteiger partial charge < -0.3 is 15.0 Å². The first-order valence-corrected chi connectivity index (χ1v) is 6.22. The monoisotopic (exact) mass is 287 g/mol. The van der Waals surface area contributed by atoms with E-state index in [0.717, 1.165) is 5.52 Å². The number of carbonyl (C=O) groups excluding carboxylic acids is 1. The van der Waals surface area contributed by atoms with Crippen LogP contribution in [0.2, 0.25) is 0 Å². The number of amides is 1. The zero-order chi connectivity index (χ0) is 14.8. The molecule has 0 aliphatic carbocycles. The molecule has 0 aliphatic heterocycles. The molecule has 3 rings (SSSR count). The van der Waals surface area contributed by atoms with Crippen LogP contribution >= 0.6 is 0 Å². The number of imidazole rings is 1. The van der Waals surface area contributed by atoms with Crippen molar-refractivity contribution in [2.24, 2.45) is 5.73 Å². The van der Waals surface area contributed by atoms with E-state index in [9.17, 15) is 4.79 Å². The van der Waals surface area contributed by atoms with Crippen LogP contribution in [0.4, 0.5) is 0 Å². The van der Waals surface area contributed by atoms with Gasteiger partial charge in [0.1, 0.15) is 12.0 Å². The summed E-state index contributed by atoms with van der Waals surface area (Å²) < 4.78 is 8.73. The second-order valence-electron chi connectivity index (χ2n) is 4.32. The van der Waals surface area contributed by atoms with Crippen molar-refractivity contribution in [3.8, 4) is 5.88 Å². The average molecular weight is 287 g/mol. The quantitative estimate of drug-likeness (QED) is 0.697. The van der Waals surface area contributed by atoms with Crippen LogP contribution in [0, 0.1) is 0 Å². The van der Waals surface area contributed by atoms with Crippen LogP contribution < -0.4 is 10.5 Å². The average Bonchev–Trinajstić information content (AvgIpc) is 3.11. The third kappa shape index (κ3) is 2.40. The van der Waals surface area contributed by atoms with Crippen LogP contribution in [0.3, 0.4) is 0 Å². The van der Waals surface area contributed by atoms with Gasteiger partial charge in [-0.3, -0.25) is 9.48 Å². The van der Waals surface area contributed by atoms with Gasteiger partial charge in [0.05, 0.1) is 20.0 Å². The lowest BCUT2D eigenvalue weighted by Gasteiger charge is -2.06. The molecule has 0 spiro atoms. The predicted octanol–water partition coefficient (Wildman–Crippen LogP) is -0.169. The van der Waals surface area contributed by atoms with Crippen LogP contribution in [0.15, 0.2) is 24.9 Å². The summed E-state index contributed by atoms with van der Waals surface area (Å²) in [4.78, 5) is 23.4. The number of methoxy groups -OCH3 is 1. The van der Waals surface area contributed by atoms with Gasteiger partial charge in [-0.15, -0.1) is 0 Å². The molecule has 0 atom stereocenters. The summed E-state index contributed by atoms with van der Waals surface area (Å²) in [5.74, 6) is -0.0762. The number of hydrogen-bond donors (Lipinski definition) is 1. The van der Waals surface area contributed by atoms with Gasteiger partial charge in [0.15, 0.2) is 11.2 Å². The molecule has 9 heteroatoms. The fourth-order valence-electron chi connectivity index (χ4n) is 2.03. The van der Waals surface area contributed by atoms with Gasteiger partial charge in [-0.25, -0.2) is 9.97 Å². The van der Waals surface area contributed by atoms with Gasteiger partial charge in [-0.05, 0) is 6.07 Å². The van der Waals surface area contributed by atoms with Crippen LogP contribution in [0.1, 0.15) is 10.5 Å². The Morgan fingerprint density at radius 3 is 2.90 bits per heavy atom. The third-order valence-corrected chi connectivity index (χ3v) is 3.03. The summed E-state index contributed by atoms with van der Waals surface area (Å²) in [6.07, 6.45) is 4.78. The van der Waals surface area contributed by atoms with Crippen LogP contribution in [0.5, 0.6) is 5.88 Å². The van der Waals surface area contributed by atoms with Crippen molar-refractivity contribution in [2.45, 2.75) is 13.1 Å². The van der Waals surface area contributed by atoms with Gasteiger partial charge >= 0.3 is 0 Å². The Hall–Kier alpha value is -2.97. The van der Waals surface area contributed by atoms with Crippen LogP contribution in [-0.4, -0.2) is 42.3 Å². The number of ether oxygens (including phenoxy) is 1. The SMILES string of the molecule is COc1ncnc2ncn(CCn3ccc(C(N)=O)n3)c12. The van der Waals surface area contributed by atoms with Crippen LogP contribution in [-0.2, 0) is 13.1 Å². The maximum atomic E-state index is 11.0. The number of fused-ring (bicyclic) bond motifs is 1. The molecule has 0 radical (unpaired) electrons. The number of nitrogens with two attached hydrogens (primary N) is 1. The van der Waals surface area contributed by atoms with Gasteiger partial charge in [-0.1, -0.05) is 0 Å². The third-order valence-electron chi connectivity index (χ3n) is 3.03. The van der Waals surface area contributed by atoms with Crippen molar-refractivity contribution < 1.29 is 9.53 Å². The first-order valence-electron chi connectivity index (χ1n) is 6.22. The molecule has 108 valence electrons. The van der Waals surface area contributed by atoms with E-state index >= 15 is 0 Å². The summed E-state index contributed by atoms with van der Waals surface area (Å²) in [6, 6.07) is 1.58. The normalized spacial score (nSPS) is 10.9. The Morgan fingerprint density at radius 1 is 1.33 bits per heavy atom. The fourth-order valence-corrected chi connectivity index (χ4v) is 2.03. The molecule has 0 saturated heterocycles. The van der Waals surface area contributed by atoms with E-state index in [1.807, 2.05) is 4.57 Å². The first kappa shape index (κ1) is 13.0. The van der Waals surface area contributed by atoms with Crippen molar-refractivity contribution >= 4 is 17.1 Å². The molecule has 0 aromatic carbocycles. The Kier molecular flexibility index (Phi) is 3.22. The zero-order valence-corrected chi connectivity index (χ0v) is 11.3. The number of aromatic nitrogens is 6. The van der Waals surface area contributed by atoms with E-state index in [4.69, 9.17) is 10.5 Å². The lowest BCUT2D eigenvalue weighted by atomic mass is 10.4. The van der Waals surface area contributed by atoms with E-state index in [1.165, 1.54) is 6.33 Å². The summed E-state index contributed by atoms with van der Waals surface area (Å²) in [6.45, 7) is 1.14. The van der Waals surface area contributed by atoms with E-state index in [-0.39, 0.29) is 5.69 Å². The van der Waals surface area contributed by atoms with Gasteiger partial charge in [0.2, 0.25) is 5.88 Å². The molecule has 1 amide bonds. The highest BCUT2D eigenvalue weighted by atomic mass is 16.5. The summed E-state index contributed by atoms with van der Waals surface area (Å²) in [5, 5.41) is 4.08. The van der Waals surface area contributed by atoms with Gasteiger partial charge in [-0.2, -0.15) is 10.1 Å². The van der Waals surface area contributed by atoms with E-state index in [0.29, 0.717) is 24.6 Å². The van der Waals surface area contributed by atoms with E-state index in [2.05, 4.69) is 20.1 Å². The minimum atomic E-state index is -0.545. The van der Waals surface area contributed by atoms with E-state index < -0.39 is 5.91 Å². The molecule has 3 heterocycles. The minimum absolute atomic E-state index is 0.242. The first-order chi connectivity index (χ1) is 10.2. The highest BCUT2D eigenvalue weighted by Gasteiger charge is 2.11. The number of carbonyl (C=O) groups is 1. The number of hydrogen-bond acceptors (Lipinski definition) is 6. The molecule has 0 unspecified atom stereocenters. The number of rotatable bonds is 5. The van der Waals surface area contributed by atoms with E-state index in [1.54, 1.807) is 30.4 Å². The molecule has 9 nitrogen and oxygen atoms in total. The molecule has 0 fully saturated rings. The molecular formula is C12H13N7O2. The Bertz CT molecular complexity index is 792. The Morgan fingerprint density at radius 2 is 2.19 bits per heavy atom. The second kappa shape index (κ2) is 5.19. The molecule has 0 saturated carbocycles. The number of aryl methyl sites for hydroxylation is 2. The maximum Gasteiger partial charge on any atom is 0.269 e. The molecule has 0 bridgehead atoms. The van der Waals surface area contributed by atoms with Crippen LogP contribution in [0.25, 0.3) is 11.2 Å². The molecule has 3 aromatic heterocycles. The summed E-state index contributed by atoms with van der Waals surface area (Å²) >= 11 is 0. The topological polar surface area (TPSA) is 114 Å². The van der Waals surface area contributed by atoms with Crippen molar-refractivity contribution in [2.75, 3.05) is 7.11 Å². The zero-order valence-electron chi connectivity index (χ0n) is 11.3. The molecule has 0 aliphatic rings. The number of primary amides is 1. The highest BCUT2D eigenvalue weighted by molar-refractivity contribution is 5.90. The van der Waals surface area contributed by atoms with Gasteiger partial charge in [0.25, 0.3) is 5.91 Å². The Labute approximate surface area is 119 Å². The second-order valence-corrected chi connectivity index (χ2v) is 4.32. The van der Waals surface area contributed by atoms with Crippen molar-refractivity contribution in [3.05, 3.63) is 30.6 Å². The molecule has 2 N–H and O–H groups in total. The van der Waals surface area contributed by atoms with Crippen molar-refractivity contribution in [3.63, 3.8) is 0 Å². The molecule has 21 heavy (non-hydrogen) atoms. The molecular weight excluding hydrogens is 274 g/mol. The highest BCUT2D eigenvalue weighted by Crippen LogP contribution is 2.19. The fraction of sp³-hybridized carbons (Fsp3) is 0.250. The number of nitrogens with zero attached hydrogens (tertiary/aromatic N) is 6. The standard InChI is InChI=1S/C12H13N7O2/c1-21-12-9-11(14-6-15-12)16-7-18(9)4-5-19-3-2-8(17-19)10(13)20/h2-3,6-7H,4-5H2,1H3,(H2,13,20). The smallest absolute Gasteiger partial charge is 0.269 e. The maximum absolute atomic E-state index is 11.0. The summed E-state index contributed by atoms with van der Waals surface area (Å²) in [7, 11) is 1.55. The lowest BCUT2D eigenvalue weighted by molar-refractivity contribution is 0.0994. The lowest BCUT2D eigenvalue weighted by Crippen LogP contribution is -2.13. The minimum Gasteiger partial charge on any atom is -0.479 e. The van der Waals surface area contributed by atoms with Crippen molar-refractivity contribution in [1.82, 2.24) is 29.3 Å². The summed E-state index contributed by atoms with van der Waals surface area (Å²) in [5.41, 5.74) is 6.70. The Balaban J connectivity index is 1.83. The van der Waals surface area contributed by atoms with Gasteiger partial charge in [0, 0.05) is 12.7 Å².